The Morgan fingerprint density at radius 1 is 1.10 bits per heavy atom. The molecule has 0 bridgehead atoms. The van der Waals surface area contributed by atoms with Crippen molar-refractivity contribution < 1.29 is 14.2 Å². The first-order valence-corrected chi connectivity index (χ1v) is 7.39. The largest absolute Gasteiger partial charge is 0.493 e. The van der Waals surface area contributed by atoms with Crippen molar-refractivity contribution in [1.82, 2.24) is 4.90 Å². The summed E-state index contributed by atoms with van der Waals surface area (Å²) in [6.07, 6.45) is 1.15. The molecule has 118 valence electrons. The molecule has 1 unspecified atom stereocenters. The normalized spacial score (nSPS) is 18.9. The summed E-state index contributed by atoms with van der Waals surface area (Å²) >= 11 is 0. The lowest BCUT2D eigenvalue weighted by molar-refractivity contribution is 0.274. The number of rotatable bonds is 6. The van der Waals surface area contributed by atoms with Gasteiger partial charge in [-0.15, -0.1) is 0 Å². The third-order valence-corrected chi connectivity index (χ3v) is 3.99. The van der Waals surface area contributed by atoms with E-state index < -0.39 is 0 Å². The van der Waals surface area contributed by atoms with Gasteiger partial charge >= 0.3 is 0 Å². The highest BCUT2D eigenvalue weighted by Crippen LogP contribution is 2.40. The van der Waals surface area contributed by atoms with E-state index in [-0.39, 0.29) is 0 Å². The lowest BCUT2D eigenvalue weighted by Gasteiger charge is -2.21. The third kappa shape index (κ3) is 3.53. The lowest BCUT2D eigenvalue weighted by Crippen LogP contribution is -2.31. The molecule has 0 aliphatic carbocycles. The molecule has 0 spiro atoms. The molecule has 1 aromatic rings. The van der Waals surface area contributed by atoms with E-state index in [4.69, 9.17) is 14.2 Å². The molecule has 2 rings (SSSR count). The van der Waals surface area contributed by atoms with Gasteiger partial charge in [0.25, 0.3) is 0 Å². The van der Waals surface area contributed by atoms with Gasteiger partial charge in [0.05, 0.1) is 21.3 Å². The maximum absolute atomic E-state index is 5.39. The fourth-order valence-corrected chi connectivity index (χ4v) is 2.77. The maximum Gasteiger partial charge on any atom is 0.203 e. The minimum absolute atomic E-state index is 0.454. The second-order valence-electron chi connectivity index (χ2n) is 5.63. The number of methoxy groups -OCH3 is 3. The minimum Gasteiger partial charge on any atom is -0.493 e. The zero-order chi connectivity index (χ0) is 15.4. The molecule has 1 fully saturated rings. The van der Waals surface area contributed by atoms with E-state index >= 15 is 0 Å². The molecule has 5 heteroatoms. The highest BCUT2D eigenvalue weighted by Gasteiger charge is 2.24. The standard InChI is InChI=1S/C16H26N2O3/c1-11(2)18-7-6-12(10-18)17-13-8-14(19-3)16(21-5)15(9-13)20-4/h8-9,11-12,17H,6-7,10H2,1-5H3. The maximum atomic E-state index is 5.39. The third-order valence-electron chi connectivity index (χ3n) is 3.99. The second-order valence-corrected chi connectivity index (χ2v) is 5.63. The van der Waals surface area contributed by atoms with E-state index in [0.717, 1.165) is 25.2 Å². The average molecular weight is 294 g/mol. The first-order valence-electron chi connectivity index (χ1n) is 7.39. The van der Waals surface area contributed by atoms with Gasteiger partial charge < -0.3 is 19.5 Å². The molecule has 0 aromatic heterocycles. The van der Waals surface area contributed by atoms with Crippen molar-refractivity contribution in [3.8, 4) is 17.2 Å². The zero-order valence-corrected chi connectivity index (χ0v) is 13.6. The average Bonchev–Trinajstić information content (AvgIpc) is 2.94. The van der Waals surface area contributed by atoms with Gasteiger partial charge in [0, 0.05) is 43.0 Å². The van der Waals surface area contributed by atoms with Crippen LogP contribution in [0.1, 0.15) is 20.3 Å². The van der Waals surface area contributed by atoms with Crippen molar-refractivity contribution in [2.24, 2.45) is 0 Å². The van der Waals surface area contributed by atoms with Gasteiger partial charge in [0.1, 0.15) is 0 Å². The summed E-state index contributed by atoms with van der Waals surface area (Å²) in [4.78, 5) is 2.48. The molecule has 0 amide bonds. The van der Waals surface area contributed by atoms with Crippen LogP contribution in [0.15, 0.2) is 12.1 Å². The van der Waals surface area contributed by atoms with E-state index in [9.17, 15) is 0 Å². The van der Waals surface area contributed by atoms with Crippen molar-refractivity contribution in [2.45, 2.75) is 32.4 Å². The molecule has 1 aromatic carbocycles. The Balaban J connectivity index is 2.14. The Morgan fingerprint density at radius 3 is 2.14 bits per heavy atom. The van der Waals surface area contributed by atoms with Crippen molar-refractivity contribution in [2.75, 3.05) is 39.7 Å². The monoisotopic (exact) mass is 294 g/mol. The van der Waals surface area contributed by atoms with E-state index in [1.54, 1.807) is 21.3 Å². The zero-order valence-electron chi connectivity index (χ0n) is 13.6. The lowest BCUT2D eigenvalue weighted by atomic mass is 10.2. The number of benzene rings is 1. The van der Waals surface area contributed by atoms with Crippen molar-refractivity contribution >= 4 is 5.69 Å². The fraction of sp³-hybridized carbons (Fsp3) is 0.625. The molecule has 1 saturated heterocycles. The second kappa shape index (κ2) is 6.89. The Bertz CT molecular complexity index is 452. The van der Waals surface area contributed by atoms with Crippen LogP contribution in [-0.2, 0) is 0 Å². The Morgan fingerprint density at radius 2 is 1.71 bits per heavy atom. The molecule has 21 heavy (non-hydrogen) atoms. The summed E-state index contributed by atoms with van der Waals surface area (Å²) in [6.45, 7) is 6.68. The van der Waals surface area contributed by atoms with E-state index in [0.29, 0.717) is 29.3 Å². The van der Waals surface area contributed by atoms with Gasteiger partial charge in [0.2, 0.25) is 5.75 Å². The topological polar surface area (TPSA) is 43.0 Å². The van der Waals surface area contributed by atoms with Crippen molar-refractivity contribution in [3.63, 3.8) is 0 Å². The van der Waals surface area contributed by atoms with Crippen LogP contribution in [0.4, 0.5) is 5.69 Å². The molecule has 1 N–H and O–H groups in total. The molecule has 1 heterocycles. The Labute approximate surface area is 127 Å². The molecule has 1 aliphatic rings. The molecule has 0 radical (unpaired) electrons. The molecule has 5 nitrogen and oxygen atoms in total. The van der Waals surface area contributed by atoms with Crippen LogP contribution >= 0.6 is 0 Å². The number of ether oxygens (including phenoxy) is 3. The van der Waals surface area contributed by atoms with Gasteiger partial charge in [-0.1, -0.05) is 0 Å². The first-order chi connectivity index (χ1) is 10.1. The predicted molar refractivity (Wildman–Crippen MR) is 84.8 cm³/mol. The molecular weight excluding hydrogens is 268 g/mol. The summed E-state index contributed by atoms with van der Waals surface area (Å²) < 4.78 is 16.1. The minimum atomic E-state index is 0.454. The molecule has 1 atom stereocenters. The highest BCUT2D eigenvalue weighted by atomic mass is 16.5. The SMILES string of the molecule is COc1cc(NC2CCN(C(C)C)C2)cc(OC)c1OC. The summed E-state index contributed by atoms with van der Waals surface area (Å²) in [5, 5.41) is 3.57. The van der Waals surface area contributed by atoms with Crippen LogP contribution in [0.3, 0.4) is 0 Å². The van der Waals surface area contributed by atoms with Gasteiger partial charge in [0.15, 0.2) is 11.5 Å². The van der Waals surface area contributed by atoms with Gasteiger partial charge in [-0.25, -0.2) is 0 Å². The predicted octanol–water partition coefficient (Wildman–Crippen LogP) is 2.61. The highest BCUT2D eigenvalue weighted by molar-refractivity contribution is 5.62. The molecule has 0 saturated carbocycles. The summed E-state index contributed by atoms with van der Waals surface area (Å²) in [5.74, 6) is 1.98. The Kier molecular flexibility index (Phi) is 5.17. The summed E-state index contributed by atoms with van der Waals surface area (Å²) in [6, 6.07) is 4.96. The van der Waals surface area contributed by atoms with E-state index in [1.165, 1.54) is 0 Å². The summed E-state index contributed by atoms with van der Waals surface area (Å²) in [7, 11) is 4.89. The van der Waals surface area contributed by atoms with E-state index in [2.05, 4.69) is 24.1 Å². The first kappa shape index (κ1) is 15.8. The Hall–Kier alpha value is -1.62. The number of anilines is 1. The summed E-state index contributed by atoms with van der Waals surface area (Å²) in [5.41, 5.74) is 1.00. The van der Waals surface area contributed by atoms with Gasteiger partial charge in [-0.3, -0.25) is 4.90 Å². The van der Waals surface area contributed by atoms with Crippen molar-refractivity contribution in [3.05, 3.63) is 12.1 Å². The van der Waals surface area contributed by atoms with Crippen LogP contribution in [0.25, 0.3) is 0 Å². The van der Waals surface area contributed by atoms with Gasteiger partial charge in [-0.05, 0) is 20.3 Å². The van der Waals surface area contributed by atoms with Gasteiger partial charge in [-0.2, -0.15) is 0 Å². The van der Waals surface area contributed by atoms with Crippen LogP contribution in [0.5, 0.6) is 17.2 Å². The van der Waals surface area contributed by atoms with Crippen LogP contribution < -0.4 is 19.5 Å². The van der Waals surface area contributed by atoms with E-state index in [1.807, 2.05) is 12.1 Å². The number of hydrogen-bond acceptors (Lipinski definition) is 5. The number of nitrogens with one attached hydrogen (secondary N) is 1. The van der Waals surface area contributed by atoms with Crippen LogP contribution in [0.2, 0.25) is 0 Å². The van der Waals surface area contributed by atoms with Crippen LogP contribution in [0, 0.1) is 0 Å². The van der Waals surface area contributed by atoms with Crippen molar-refractivity contribution in [1.29, 1.82) is 0 Å². The number of hydrogen-bond donors (Lipinski definition) is 1. The smallest absolute Gasteiger partial charge is 0.203 e. The number of nitrogens with zero attached hydrogens (tertiary/aromatic N) is 1. The quantitative estimate of drug-likeness (QED) is 0.873. The number of likely N-dealkylation sites (tertiary alicyclic amines) is 1. The molecular formula is C16H26N2O3. The molecule has 1 aliphatic heterocycles. The fourth-order valence-electron chi connectivity index (χ4n) is 2.77. The van der Waals surface area contributed by atoms with Crippen LogP contribution in [-0.4, -0.2) is 51.4 Å².